The first-order valence-electron chi connectivity index (χ1n) is 10.5. The Hall–Kier alpha value is -4.11. The van der Waals surface area contributed by atoms with Crippen molar-refractivity contribution in [1.82, 2.24) is 46.8 Å². The Morgan fingerprint density at radius 3 is 2.56 bits per heavy atom. The van der Waals surface area contributed by atoms with Crippen LogP contribution in [0.4, 0.5) is 4.79 Å². The van der Waals surface area contributed by atoms with Crippen LogP contribution in [-0.4, -0.2) is 91.4 Å². The summed E-state index contributed by atoms with van der Waals surface area (Å²) >= 11 is 0. The first-order chi connectivity index (χ1) is 16.1. The number of carbonyl (C=O) groups is 6. The minimum absolute atomic E-state index is 0.0725. The summed E-state index contributed by atoms with van der Waals surface area (Å²) in [7, 11) is 0. The first-order valence-corrected chi connectivity index (χ1v) is 10.5. The van der Waals surface area contributed by atoms with Crippen LogP contribution in [0.5, 0.6) is 0 Å². The number of amides is 6. The van der Waals surface area contributed by atoms with Crippen molar-refractivity contribution in [3.05, 3.63) is 5.82 Å². The van der Waals surface area contributed by atoms with E-state index in [1.54, 1.807) is 13.8 Å². The summed E-state index contributed by atoms with van der Waals surface area (Å²) in [5.74, 6) is -4.02. The summed E-state index contributed by atoms with van der Waals surface area (Å²) < 4.78 is 0. The molecule has 1 saturated heterocycles. The van der Waals surface area contributed by atoms with E-state index in [0.29, 0.717) is 11.3 Å². The number of rotatable bonds is 12. The third kappa shape index (κ3) is 7.21. The topological polar surface area (TPSA) is 228 Å². The lowest BCUT2D eigenvalue weighted by atomic mass is 9.98. The number of aromatic amines is 1. The number of hydrogen-bond donors (Lipinski definition) is 6. The Kier molecular flexibility index (Phi) is 9.39. The molecule has 0 aromatic carbocycles. The smallest absolute Gasteiger partial charge is 0.325 e. The number of carboxylic acids is 1. The molecule has 1 aromatic heterocycles. The molecule has 16 heteroatoms. The molecule has 0 spiro atoms. The van der Waals surface area contributed by atoms with Gasteiger partial charge in [0.15, 0.2) is 5.82 Å². The zero-order chi connectivity index (χ0) is 25.3. The maximum absolute atomic E-state index is 12.7. The van der Waals surface area contributed by atoms with Crippen molar-refractivity contribution in [3.8, 4) is 0 Å². The molecule has 0 saturated carbocycles. The molecule has 1 fully saturated rings. The van der Waals surface area contributed by atoms with Crippen LogP contribution in [0.1, 0.15) is 38.9 Å². The number of aliphatic carboxylic acids is 1. The van der Waals surface area contributed by atoms with E-state index >= 15 is 0 Å². The fourth-order valence-electron chi connectivity index (χ4n) is 3.07. The molecule has 2 heterocycles. The van der Waals surface area contributed by atoms with Gasteiger partial charge in [0, 0.05) is 13.0 Å². The molecule has 16 nitrogen and oxygen atoms in total. The van der Waals surface area contributed by atoms with Gasteiger partial charge in [0.05, 0.1) is 19.5 Å². The van der Waals surface area contributed by atoms with Gasteiger partial charge in [-0.3, -0.25) is 24.0 Å². The maximum atomic E-state index is 12.7. The molecule has 34 heavy (non-hydrogen) atoms. The van der Waals surface area contributed by atoms with Gasteiger partial charge < -0.3 is 26.4 Å². The van der Waals surface area contributed by atoms with Crippen molar-refractivity contribution in [2.24, 2.45) is 5.92 Å². The highest BCUT2D eigenvalue weighted by Crippen LogP contribution is 2.10. The maximum Gasteiger partial charge on any atom is 0.325 e. The SMILES string of the molecule is CCC(C)C(NC(=O)CCC(=O)O)C(=O)NCC(=O)N1C(=O)NC[C@H]1C(=O)NCc1nn[nH]n1. The molecule has 6 amide bonds. The predicted octanol–water partition coefficient (Wildman–Crippen LogP) is -2.75. The first kappa shape index (κ1) is 26.1. The van der Waals surface area contributed by atoms with Crippen LogP contribution in [0.3, 0.4) is 0 Å². The molecule has 1 aliphatic rings. The number of imide groups is 1. The zero-order valence-electron chi connectivity index (χ0n) is 18.7. The second-order valence-corrected chi connectivity index (χ2v) is 7.55. The number of H-pyrrole nitrogens is 1. The van der Waals surface area contributed by atoms with Crippen molar-refractivity contribution in [2.75, 3.05) is 13.1 Å². The largest absolute Gasteiger partial charge is 0.481 e. The van der Waals surface area contributed by atoms with Gasteiger partial charge in [0.25, 0.3) is 5.91 Å². The molecular formula is C18H27N9O7. The fraction of sp³-hybridized carbons (Fsp3) is 0.611. The quantitative estimate of drug-likeness (QED) is 0.180. The Morgan fingerprint density at radius 2 is 1.94 bits per heavy atom. The Balaban J connectivity index is 1.95. The predicted molar refractivity (Wildman–Crippen MR) is 111 cm³/mol. The Morgan fingerprint density at radius 1 is 1.21 bits per heavy atom. The third-order valence-electron chi connectivity index (χ3n) is 5.15. The van der Waals surface area contributed by atoms with Crippen LogP contribution >= 0.6 is 0 Å². The summed E-state index contributed by atoms with van der Waals surface area (Å²) in [5, 5.41) is 31.4. The number of tetrazole rings is 1. The molecule has 2 unspecified atom stereocenters. The highest BCUT2D eigenvalue weighted by molar-refractivity contribution is 6.03. The minimum atomic E-state index is -1.15. The monoisotopic (exact) mass is 481 g/mol. The minimum Gasteiger partial charge on any atom is -0.481 e. The van der Waals surface area contributed by atoms with Gasteiger partial charge in [-0.25, -0.2) is 9.69 Å². The van der Waals surface area contributed by atoms with E-state index in [1.807, 2.05) is 0 Å². The standard InChI is InChI=1S/C18H27N9O7/c1-3-9(2)15(22-12(28)4-5-14(30)31)17(33)20-8-13(29)27-10(6-21-18(27)34)16(32)19-7-11-23-25-26-24-11/h9-10,15H,3-8H2,1-2H3,(H,19,32)(H,20,33)(H,21,34)(H,22,28)(H,30,31)(H,23,24,25,26)/t9?,10-,15?/m0/s1. The van der Waals surface area contributed by atoms with Gasteiger partial charge in [-0.1, -0.05) is 25.5 Å². The second-order valence-electron chi connectivity index (χ2n) is 7.55. The Labute approximate surface area is 193 Å². The average molecular weight is 481 g/mol. The summed E-state index contributed by atoms with van der Waals surface area (Å²) in [5.41, 5.74) is 0. The normalized spacial score (nSPS) is 16.8. The van der Waals surface area contributed by atoms with Crippen molar-refractivity contribution in [3.63, 3.8) is 0 Å². The third-order valence-corrected chi connectivity index (χ3v) is 5.15. The lowest BCUT2D eigenvalue weighted by Gasteiger charge is -2.24. The van der Waals surface area contributed by atoms with Crippen LogP contribution < -0.4 is 21.3 Å². The van der Waals surface area contributed by atoms with Gasteiger partial charge >= 0.3 is 12.0 Å². The number of carbonyl (C=O) groups excluding carboxylic acids is 5. The number of nitrogens with zero attached hydrogens (tertiary/aromatic N) is 4. The Bertz CT molecular complexity index is 921. The highest BCUT2D eigenvalue weighted by Gasteiger charge is 2.40. The summed E-state index contributed by atoms with van der Waals surface area (Å²) in [6.45, 7) is 2.72. The fourth-order valence-corrected chi connectivity index (χ4v) is 3.07. The van der Waals surface area contributed by atoms with Crippen LogP contribution in [0, 0.1) is 5.92 Å². The van der Waals surface area contributed by atoms with Gasteiger partial charge in [-0.15, -0.1) is 10.2 Å². The van der Waals surface area contributed by atoms with Gasteiger partial charge in [0.2, 0.25) is 17.7 Å². The summed E-state index contributed by atoms with van der Waals surface area (Å²) in [6.07, 6.45) is -0.176. The molecule has 1 aromatic rings. The highest BCUT2D eigenvalue weighted by atomic mass is 16.4. The van der Waals surface area contributed by atoms with E-state index in [-0.39, 0.29) is 37.7 Å². The number of nitrogens with one attached hydrogen (secondary N) is 5. The van der Waals surface area contributed by atoms with Crippen LogP contribution in [0.2, 0.25) is 0 Å². The molecule has 0 aliphatic carbocycles. The van der Waals surface area contributed by atoms with Gasteiger partial charge in [-0.2, -0.15) is 5.21 Å². The van der Waals surface area contributed by atoms with E-state index in [2.05, 4.69) is 41.9 Å². The lowest BCUT2D eigenvalue weighted by Crippen LogP contribution is -2.54. The molecule has 3 atom stereocenters. The molecule has 0 bridgehead atoms. The molecule has 186 valence electrons. The van der Waals surface area contributed by atoms with Crippen LogP contribution in [-0.2, 0) is 30.5 Å². The van der Waals surface area contributed by atoms with Crippen molar-refractivity contribution < 1.29 is 33.9 Å². The van der Waals surface area contributed by atoms with Crippen LogP contribution in [0.15, 0.2) is 0 Å². The van der Waals surface area contributed by atoms with Crippen molar-refractivity contribution >= 4 is 35.6 Å². The van der Waals surface area contributed by atoms with E-state index in [0.717, 1.165) is 0 Å². The van der Waals surface area contributed by atoms with E-state index in [9.17, 15) is 28.8 Å². The summed E-state index contributed by atoms with van der Waals surface area (Å²) in [4.78, 5) is 73.2. The average Bonchev–Trinajstić information content (AvgIpc) is 3.47. The number of carboxylic acid groups (broad SMARTS) is 1. The molecule has 6 N–H and O–H groups in total. The number of aromatic nitrogens is 4. The lowest BCUT2D eigenvalue weighted by molar-refractivity contribution is -0.139. The second kappa shape index (κ2) is 12.2. The number of urea groups is 1. The van der Waals surface area contributed by atoms with Gasteiger partial charge in [-0.05, 0) is 5.92 Å². The van der Waals surface area contributed by atoms with E-state index in [4.69, 9.17) is 5.11 Å². The van der Waals surface area contributed by atoms with E-state index in [1.165, 1.54) is 0 Å². The number of hydrogen-bond acceptors (Lipinski definition) is 9. The zero-order valence-corrected chi connectivity index (χ0v) is 18.7. The van der Waals surface area contributed by atoms with Crippen LogP contribution in [0.25, 0.3) is 0 Å². The van der Waals surface area contributed by atoms with E-state index < -0.39 is 54.3 Å². The van der Waals surface area contributed by atoms with Crippen molar-refractivity contribution in [2.45, 2.75) is 51.7 Å². The van der Waals surface area contributed by atoms with Crippen molar-refractivity contribution in [1.29, 1.82) is 0 Å². The molecule has 1 aliphatic heterocycles. The molecule has 2 rings (SSSR count). The van der Waals surface area contributed by atoms with Gasteiger partial charge in [0.1, 0.15) is 12.1 Å². The molecular weight excluding hydrogens is 454 g/mol. The molecule has 0 radical (unpaired) electrons. The summed E-state index contributed by atoms with van der Waals surface area (Å²) in [6, 6.07) is -2.95.